The quantitative estimate of drug-likeness (QED) is 0.611. The molecule has 0 aliphatic carbocycles. The second-order valence-corrected chi connectivity index (χ2v) is 6.54. The highest BCUT2D eigenvalue weighted by atomic mass is 32.2. The number of benzene rings is 1. The molecule has 0 spiro atoms. The molecule has 11 heteroatoms. The summed E-state index contributed by atoms with van der Waals surface area (Å²) in [4.78, 5) is 22.7. The second kappa shape index (κ2) is 6.37. The Morgan fingerprint density at radius 1 is 1.38 bits per heavy atom. The van der Waals surface area contributed by atoms with Crippen LogP contribution in [0.2, 0.25) is 0 Å². The maximum atomic E-state index is 13.9. The van der Waals surface area contributed by atoms with E-state index >= 15 is 0 Å². The summed E-state index contributed by atoms with van der Waals surface area (Å²) in [6.45, 7) is 1.28. The maximum absolute atomic E-state index is 13.9. The summed E-state index contributed by atoms with van der Waals surface area (Å²) in [6.07, 6.45) is 1.58. The molecule has 1 heterocycles. The minimum Gasteiger partial charge on any atom is -0.347 e. The Balaban J connectivity index is 2.28. The number of nitrogens with zero attached hydrogens (tertiary/aromatic N) is 2. The molecule has 0 saturated carbocycles. The lowest BCUT2D eigenvalue weighted by molar-refractivity contribution is -0.385. The van der Waals surface area contributed by atoms with Gasteiger partial charge >= 0.3 is 0 Å². The fourth-order valence-electron chi connectivity index (χ4n) is 1.97. The van der Waals surface area contributed by atoms with E-state index in [0.717, 1.165) is 6.07 Å². The number of carbonyl (C=O) groups excluding carboxylic acids is 1. The van der Waals surface area contributed by atoms with Gasteiger partial charge in [0.15, 0.2) is 0 Å². The van der Waals surface area contributed by atoms with Crippen LogP contribution in [0.25, 0.3) is 0 Å². The van der Waals surface area contributed by atoms with E-state index < -0.39 is 37.3 Å². The topological polar surface area (TPSA) is 123 Å². The number of hydrogen-bond donors (Lipinski definition) is 2. The van der Waals surface area contributed by atoms with E-state index in [-0.39, 0.29) is 11.3 Å². The van der Waals surface area contributed by atoms with Crippen LogP contribution in [0.3, 0.4) is 0 Å². The number of aryl methyl sites for hydroxylation is 2. The van der Waals surface area contributed by atoms with Gasteiger partial charge in [0.1, 0.15) is 16.4 Å². The van der Waals surface area contributed by atoms with E-state index in [9.17, 15) is 27.7 Å². The highest BCUT2D eigenvalue weighted by molar-refractivity contribution is 7.89. The van der Waals surface area contributed by atoms with Crippen LogP contribution in [-0.4, -0.2) is 23.8 Å². The molecular weight excluding hydrogens is 343 g/mol. The summed E-state index contributed by atoms with van der Waals surface area (Å²) in [7, 11) is -2.96. The van der Waals surface area contributed by atoms with Gasteiger partial charge in [0.2, 0.25) is 0 Å². The Labute approximate surface area is 136 Å². The zero-order valence-corrected chi connectivity index (χ0v) is 13.4. The van der Waals surface area contributed by atoms with Crippen molar-refractivity contribution in [3.05, 3.63) is 57.7 Å². The average molecular weight is 356 g/mol. The van der Waals surface area contributed by atoms with E-state index in [2.05, 4.69) is 0 Å². The first-order valence-electron chi connectivity index (χ1n) is 6.51. The predicted molar refractivity (Wildman–Crippen MR) is 81.0 cm³/mol. The summed E-state index contributed by atoms with van der Waals surface area (Å²) >= 11 is 0. The zero-order valence-electron chi connectivity index (χ0n) is 12.6. The van der Waals surface area contributed by atoms with Gasteiger partial charge in [0.05, 0.1) is 4.92 Å². The molecule has 0 saturated heterocycles. The van der Waals surface area contributed by atoms with E-state index in [1.807, 2.05) is 5.43 Å². The fraction of sp³-hybridized carbons (Fsp3) is 0.154. The molecular formula is C13H13FN4O5S. The number of nitrogens with one attached hydrogen (secondary N) is 2. The predicted octanol–water partition coefficient (Wildman–Crippen LogP) is 1.00. The van der Waals surface area contributed by atoms with Crippen LogP contribution in [0.1, 0.15) is 16.1 Å². The molecule has 9 nitrogen and oxygen atoms in total. The maximum Gasteiger partial charge on any atom is 0.282 e. The average Bonchev–Trinajstić information content (AvgIpc) is 2.90. The molecule has 1 amide bonds. The molecule has 128 valence electrons. The number of amides is 1. The molecule has 0 bridgehead atoms. The van der Waals surface area contributed by atoms with Crippen LogP contribution in [-0.2, 0) is 17.1 Å². The first-order chi connectivity index (χ1) is 11.1. The monoisotopic (exact) mass is 356 g/mol. The zero-order chi connectivity index (χ0) is 18.1. The lowest BCUT2D eigenvalue weighted by atomic mass is 10.2. The van der Waals surface area contributed by atoms with Gasteiger partial charge < -0.3 is 4.57 Å². The van der Waals surface area contributed by atoms with Gasteiger partial charge in [0.25, 0.3) is 21.6 Å². The van der Waals surface area contributed by atoms with Gasteiger partial charge in [-0.05, 0) is 25.1 Å². The molecule has 0 unspecified atom stereocenters. The van der Waals surface area contributed by atoms with Gasteiger partial charge in [-0.15, -0.1) is 4.83 Å². The van der Waals surface area contributed by atoms with Crippen molar-refractivity contribution in [1.29, 1.82) is 0 Å². The first-order valence-corrected chi connectivity index (χ1v) is 8.00. The highest BCUT2D eigenvalue weighted by Crippen LogP contribution is 2.25. The van der Waals surface area contributed by atoms with Crippen molar-refractivity contribution in [2.24, 2.45) is 7.05 Å². The number of sulfonamides is 1. The molecule has 1 aromatic heterocycles. The molecule has 0 radical (unpaired) electrons. The summed E-state index contributed by atoms with van der Waals surface area (Å²) in [5.41, 5.74) is 1.51. The first kappa shape index (κ1) is 17.6. The van der Waals surface area contributed by atoms with E-state index in [1.165, 1.54) is 17.6 Å². The van der Waals surface area contributed by atoms with Gasteiger partial charge in [-0.2, -0.15) is 0 Å². The SMILES string of the molecule is Cc1cc(F)c(S(=O)(=O)NNC(=O)c2cccn2C)cc1[N+](=O)[O-]. The van der Waals surface area contributed by atoms with Gasteiger partial charge in [-0.25, -0.2) is 12.8 Å². The molecule has 1 aromatic carbocycles. The number of nitro groups is 1. The van der Waals surface area contributed by atoms with Crippen LogP contribution >= 0.6 is 0 Å². The van der Waals surface area contributed by atoms with E-state index in [1.54, 1.807) is 24.1 Å². The lowest BCUT2D eigenvalue weighted by Crippen LogP contribution is -2.42. The fourth-order valence-corrected chi connectivity index (χ4v) is 2.89. The van der Waals surface area contributed by atoms with Crippen molar-refractivity contribution in [1.82, 2.24) is 14.8 Å². The lowest BCUT2D eigenvalue weighted by Gasteiger charge is -2.10. The Morgan fingerprint density at radius 2 is 2.04 bits per heavy atom. The third kappa shape index (κ3) is 3.41. The van der Waals surface area contributed by atoms with Crippen molar-refractivity contribution in [2.45, 2.75) is 11.8 Å². The van der Waals surface area contributed by atoms with E-state index in [0.29, 0.717) is 6.07 Å². The third-order valence-electron chi connectivity index (χ3n) is 3.21. The van der Waals surface area contributed by atoms with E-state index in [4.69, 9.17) is 0 Å². The molecule has 0 atom stereocenters. The Morgan fingerprint density at radius 3 is 2.58 bits per heavy atom. The number of carbonyl (C=O) groups is 1. The van der Waals surface area contributed by atoms with Crippen LogP contribution in [0.4, 0.5) is 10.1 Å². The molecule has 0 fully saturated rings. The van der Waals surface area contributed by atoms with Crippen molar-refractivity contribution in [2.75, 3.05) is 0 Å². The summed E-state index contributed by atoms with van der Waals surface area (Å²) < 4.78 is 39.5. The minimum atomic E-state index is -4.53. The smallest absolute Gasteiger partial charge is 0.282 e. The summed E-state index contributed by atoms with van der Waals surface area (Å²) in [5, 5.41) is 10.9. The second-order valence-electron chi connectivity index (χ2n) is 4.89. The van der Waals surface area contributed by atoms with Crippen LogP contribution in [0.5, 0.6) is 0 Å². The van der Waals surface area contributed by atoms with Crippen molar-refractivity contribution in [3.63, 3.8) is 0 Å². The standard InChI is InChI=1S/C13H13FN4O5S/c1-8-6-9(14)12(7-11(8)18(20)21)24(22,23)16-15-13(19)10-4-3-5-17(10)2/h3-7,16H,1-2H3,(H,15,19). The number of nitro benzene ring substituents is 1. The van der Waals surface area contributed by atoms with Crippen LogP contribution in [0, 0.1) is 22.9 Å². The Bertz CT molecular complexity index is 922. The van der Waals surface area contributed by atoms with Gasteiger partial charge in [-0.1, -0.05) is 0 Å². The van der Waals surface area contributed by atoms with Crippen LogP contribution in [0.15, 0.2) is 35.4 Å². The molecule has 2 N–H and O–H groups in total. The number of halogens is 1. The van der Waals surface area contributed by atoms with Crippen molar-refractivity contribution in [3.8, 4) is 0 Å². The number of aromatic nitrogens is 1. The van der Waals surface area contributed by atoms with Crippen LogP contribution < -0.4 is 10.3 Å². The van der Waals surface area contributed by atoms with Crippen molar-refractivity contribution < 1.29 is 22.5 Å². The normalized spacial score (nSPS) is 11.3. The third-order valence-corrected chi connectivity index (χ3v) is 4.47. The Kier molecular flexibility index (Phi) is 4.66. The summed E-state index contributed by atoms with van der Waals surface area (Å²) in [6, 6.07) is 4.36. The molecule has 24 heavy (non-hydrogen) atoms. The molecule has 2 aromatic rings. The number of hydrazine groups is 1. The number of rotatable bonds is 5. The van der Waals surface area contributed by atoms with Gasteiger partial charge in [-0.3, -0.25) is 20.3 Å². The number of hydrogen-bond acceptors (Lipinski definition) is 5. The molecule has 2 rings (SSSR count). The Hall–Kier alpha value is -2.79. The minimum absolute atomic E-state index is 0.0238. The molecule has 0 aliphatic rings. The van der Waals surface area contributed by atoms with Crippen molar-refractivity contribution >= 4 is 21.6 Å². The largest absolute Gasteiger partial charge is 0.347 e. The highest BCUT2D eigenvalue weighted by Gasteiger charge is 2.25. The van der Waals surface area contributed by atoms with Gasteiger partial charge in [0, 0.05) is 24.9 Å². The molecule has 0 aliphatic heterocycles. The summed E-state index contributed by atoms with van der Waals surface area (Å²) in [5.74, 6) is -1.94.